The fraction of sp³-hybridized carbons (Fsp3) is 0.280. The van der Waals surface area contributed by atoms with Gasteiger partial charge >= 0.3 is 0 Å². The summed E-state index contributed by atoms with van der Waals surface area (Å²) in [6, 6.07) is 11.4. The molecule has 4 nitrogen and oxygen atoms in total. The summed E-state index contributed by atoms with van der Waals surface area (Å²) in [7, 11) is 3.94. The number of aryl methyl sites for hydroxylation is 2. The van der Waals surface area contributed by atoms with E-state index >= 15 is 0 Å². The normalized spacial score (nSPS) is 15.7. The molecule has 0 fully saturated rings. The van der Waals surface area contributed by atoms with Crippen LogP contribution in [0.2, 0.25) is 0 Å². The van der Waals surface area contributed by atoms with Crippen molar-refractivity contribution in [2.45, 2.75) is 26.7 Å². The first-order chi connectivity index (χ1) is 13.8. The fourth-order valence-corrected chi connectivity index (χ4v) is 4.76. The van der Waals surface area contributed by atoms with Crippen LogP contribution >= 0.6 is 0 Å². The molecule has 0 saturated carbocycles. The lowest BCUT2D eigenvalue weighted by Crippen LogP contribution is -2.23. The topological polar surface area (TPSA) is 44.0 Å². The summed E-state index contributed by atoms with van der Waals surface area (Å²) >= 11 is 0. The van der Waals surface area contributed by atoms with Crippen LogP contribution in [-0.2, 0) is 20.5 Å². The predicted molar refractivity (Wildman–Crippen MR) is 121 cm³/mol. The highest BCUT2D eigenvalue weighted by Crippen LogP contribution is 2.32. The zero-order valence-electron chi connectivity index (χ0n) is 17.2. The summed E-state index contributed by atoms with van der Waals surface area (Å²) in [6.07, 6.45) is 5.90. The van der Waals surface area contributed by atoms with Gasteiger partial charge in [0.2, 0.25) is 0 Å². The van der Waals surface area contributed by atoms with Gasteiger partial charge in [-0.2, -0.15) is 0 Å². The van der Waals surface area contributed by atoms with Crippen molar-refractivity contribution in [1.29, 1.82) is 0 Å². The van der Waals surface area contributed by atoms with E-state index in [0.29, 0.717) is 16.2 Å². The lowest BCUT2D eigenvalue weighted by Gasteiger charge is -2.23. The predicted octanol–water partition coefficient (Wildman–Crippen LogP) is 4.53. The molecule has 2 aromatic heterocycles. The Kier molecular flexibility index (Phi) is 3.66. The van der Waals surface area contributed by atoms with E-state index in [0.717, 1.165) is 40.6 Å². The van der Waals surface area contributed by atoms with Gasteiger partial charge in [-0.25, -0.2) is 0 Å². The second-order valence-electron chi connectivity index (χ2n) is 8.99. The largest absolute Gasteiger partial charge is 0.344 e. The Labute approximate surface area is 168 Å². The lowest BCUT2D eigenvalue weighted by atomic mass is 9.83. The Bertz CT molecular complexity index is 1480. The minimum atomic E-state index is 0.00895. The number of fused-ring (bicyclic) bond motifs is 4. The molecule has 29 heavy (non-hydrogen) atoms. The third-order valence-electron chi connectivity index (χ3n) is 6.38. The summed E-state index contributed by atoms with van der Waals surface area (Å²) in [5, 5.41) is 2.02. The first kappa shape index (κ1) is 17.9. The molecule has 0 radical (unpaired) electrons. The number of rotatable bonds is 0. The van der Waals surface area contributed by atoms with Crippen LogP contribution in [0.25, 0.3) is 38.8 Å². The minimum absolute atomic E-state index is 0.00895. The Morgan fingerprint density at radius 1 is 0.828 bits per heavy atom. The highest BCUT2D eigenvalue weighted by atomic mass is 16.1. The molecule has 0 saturated heterocycles. The molecule has 4 aromatic rings. The molecule has 0 amide bonds. The number of pyridine rings is 2. The Morgan fingerprint density at radius 2 is 1.48 bits per heavy atom. The molecular formula is C25H24N2O2. The molecule has 2 aromatic carbocycles. The SMILES string of the molecule is Cn1c2c(c(=O)c3cc4c(cc31)c(=O)c1ccccc1n4C)CC(C)(C)CC=C2. The highest BCUT2D eigenvalue weighted by molar-refractivity contribution is 6.01. The zero-order chi connectivity index (χ0) is 20.5. The summed E-state index contributed by atoms with van der Waals surface area (Å²) in [5.41, 5.74) is 4.42. The van der Waals surface area contributed by atoms with Crippen LogP contribution in [0.1, 0.15) is 31.5 Å². The van der Waals surface area contributed by atoms with Crippen molar-refractivity contribution in [1.82, 2.24) is 9.13 Å². The van der Waals surface area contributed by atoms with Crippen molar-refractivity contribution in [3.8, 4) is 0 Å². The first-order valence-electron chi connectivity index (χ1n) is 10.0. The number of benzene rings is 2. The van der Waals surface area contributed by atoms with E-state index in [1.165, 1.54) is 0 Å². The standard InChI is InChI=1S/C25H24N2O2/c1-25(2)11-7-10-20-18(14-25)24(29)17-13-21-16(12-22(17)27(20)4)23(28)15-8-5-6-9-19(15)26(21)3/h5-10,12-13H,11,14H2,1-4H3. The Hall–Kier alpha value is -3.14. The third-order valence-corrected chi connectivity index (χ3v) is 6.38. The highest BCUT2D eigenvalue weighted by Gasteiger charge is 2.25. The monoisotopic (exact) mass is 384 g/mol. The maximum atomic E-state index is 13.5. The molecule has 146 valence electrons. The van der Waals surface area contributed by atoms with Crippen LogP contribution in [0.15, 0.2) is 52.1 Å². The molecule has 0 atom stereocenters. The van der Waals surface area contributed by atoms with Crippen molar-refractivity contribution >= 4 is 38.8 Å². The van der Waals surface area contributed by atoms with Crippen molar-refractivity contribution < 1.29 is 0 Å². The van der Waals surface area contributed by atoms with Gasteiger partial charge in [-0.15, -0.1) is 0 Å². The lowest BCUT2D eigenvalue weighted by molar-refractivity contribution is 0.370. The van der Waals surface area contributed by atoms with E-state index in [2.05, 4.69) is 30.6 Å². The second kappa shape index (κ2) is 5.93. The van der Waals surface area contributed by atoms with Gasteiger partial charge in [0.15, 0.2) is 10.9 Å². The van der Waals surface area contributed by atoms with E-state index in [4.69, 9.17) is 0 Å². The molecule has 0 unspecified atom stereocenters. The van der Waals surface area contributed by atoms with Crippen molar-refractivity contribution in [2.24, 2.45) is 19.5 Å². The average Bonchev–Trinajstić information content (AvgIpc) is 2.87. The van der Waals surface area contributed by atoms with Crippen LogP contribution in [-0.4, -0.2) is 9.13 Å². The molecule has 0 spiro atoms. The van der Waals surface area contributed by atoms with Crippen LogP contribution in [0, 0.1) is 5.41 Å². The molecule has 0 aliphatic heterocycles. The van der Waals surface area contributed by atoms with Gasteiger partial charge in [-0.3, -0.25) is 9.59 Å². The minimum Gasteiger partial charge on any atom is -0.344 e. The van der Waals surface area contributed by atoms with E-state index in [9.17, 15) is 9.59 Å². The molecule has 2 heterocycles. The number of nitrogens with zero attached hydrogens (tertiary/aromatic N) is 2. The number of para-hydroxylation sites is 1. The van der Waals surface area contributed by atoms with Crippen molar-refractivity contribution in [3.63, 3.8) is 0 Å². The second-order valence-corrected chi connectivity index (χ2v) is 8.99. The number of allylic oxidation sites excluding steroid dienone is 1. The van der Waals surface area contributed by atoms with Crippen molar-refractivity contribution in [3.05, 3.63) is 74.2 Å². The maximum absolute atomic E-state index is 13.5. The van der Waals surface area contributed by atoms with Gasteiger partial charge in [0, 0.05) is 41.5 Å². The van der Waals surface area contributed by atoms with E-state index < -0.39 is 0 Å². The molecule has 5 rings (SSSR count). The summed E-state index contributed by atoms with van der Waals surface area (Å²) in [5.74, 6) is 0. The molecule has 1 aliphatic carbocycles. The van der Waals surface area contributed by atoms with Crippen LogP contribution in [0.3, 0.4) is 0 Å². The van der Waals surface area contributed by atoms with Gasteiger partial charge in [-0.05, 0) is 48.6 Å². The quantitative estimate of drug-likeness (QED) is 0.418. The molecule has 0 bridgehead atoms. The van der Waals surface area contributed by atoms with E-state index in [1.54, 1.807) is 0 Å². The fourth-order valence-electron chi connectivity index (χ4n) is 4.76. The molecule has 1 aliphatic rings. The van der Waals surface area contributed by atoms with E-state index in [1.807, 2.05) is 55.1 Å². The third kappa shape index (κ3) is 2.52. The number of aromatic nitrogens is 2. The van der Waals surface area contributed by atoms with Gasteiger partial charge in [0.1, 0.15) is 0 Å². The molecule has 4 heteroatoms. The summed E-state index contributed by atoms with van der Waals surface area (Å²) in [6.45, 7) is 4.40. The Balaban J connectivity index is 1.99. The van der Waals surface area contributed by atoms with Crippen LogP contribution < -0.4 is 10.9 Å². The smallest absolute Gasteiger partial charge is 0.197 e. The van der Waals surface area contributed by atoms with Gasteiger partial charge in [0.05, 0.1) is 16.6 Å². The maximum Gasteiger partial charge on any atom is 0.197 e. The average molecular weight is 384 g/mol. The number of hydrogen-bond acceptors (Lipinski definition) is 2. The zero-order valence-corrected chi connectivity index (χ0v) is 17.2. The van der Waals surface area contributed by atoms with Gasteiger partial charge in [-0.1, -0.05) is 32.1 Å². The van der Waals surface area contributed by atoms with Crippen LogP contribution in [0.4, 0.5) is 0 Å². The summed E-state index contributed by atoms with van der Waals surface area (Å²) in [4.78, 5) is 26.7. The first-order valence-corrected chi connectivity index (χ1v) is 10.0. The van der Waals surface area contributed by atoms with Gasteiger partial charge < -0.3 is 9.13 Å². The number of hydrogen-bond donors (Lipinski definition) is 0. The van der Waals surface area contributed by atoms with Gasteiger partial charge in [0.25, 0.3) is 0 Å². The Morgan fingerprint density at radius 3 is 2.24 bits per heavy atom. The summed E-state index contributed by atoms with van der Waals surface area (Å²) < 4.78 is 4.08. The van der Waals surface area contributed by atoms with Crippen LogP contribution in [0.5, 0.6) is 0 Å². The van der Waals surface area contributed by atoms with Crippen molar-refractivity contribution in [2.75, 3.05) is 0 Å². The molecule has 0 N–H and O–H groups in total. The van der Waals surface area contributed by atoms with E-state index in [-0.39, 0.29) is 16.3 Å². The molecular weight excluding hydrogens is 360 g/mol.